The van der Waals surface area contributed by atoms with Gasteiger partial charge in [0, 0.05) is 43.1 Å². The van der Waals surface area contributed by atoms with Gasteiger partial charge in [0.2, 0.25) is 0 Å². The van der Waals surface area contributed by atoms with E-state index in [0.29, 0.717) is 26.3 Å². The molecular formula is C24H41N4O4P2S+. The van der Waals surface area contributed by atoms with Crippen molar-refractivity contribution in [1.29, 1.82) is 0 Å². The first kappa shape index (κ1) is 30.2. The molecule has 0 N–H and O–H groups in total. The second-order valence-corrected chi connectivity index (χ2v) is 11.8. The fraction of sp³-hybridized carbons (Fsp3) is 0.625. The molecule has 2 aromatic rings. The second-order valence-electron chi connectivity index (χ2n) is 10.3. The maximum Gasteiger partial charge on any atom is 0.408 e. The van der Waals surface area contributed by atoms with Crippen molar-refractivity contribution in [2.24, 2.45) is 17.3 Å². The Bertz CT molecular complexity index is 913. The van der Waals surface area contributed by atoms with Crippen LogP contribution in [0, 0.1) is 0 Å². The minimum atomic E-state index is -0.298. The maximum absolute atomic E-state index is 6.28. The number of aryl methyl sites for hydroxylation is 1. The quantitative estimate of drug-likeness (QED) is 0.182. The number of benzene rings is 1. The van der Waals surface area contributed by atoms with Gasteiger partial charge in [-0.3, -0.25) is 0 Å². The number of rotatable bonds is 13. The molecule has 1 aromatic carbocycles. The normalized spacial score (nSPS) is 14.4. The smallest absolute Gasteiger partial charge is 0.373 e. The van der Waals surface area contributed by atoms with Crippen molar-refractivity contribution in [3.63, 3.8) is 0 Å². The van der Waals surface area contributed by atoms with Gasteiger partial charge in [-0.25, -0.2) is 4.57 Å². The lowest BCUT2D eigenvalue weighted by Crippen LogP contribution is -2.44. The lowest BCUT2D eigenvalue weighted by atomic mass is 10.1. The molecule has 0 saturated heterocycles. The van der Waals surface area contributed by atoms with Gasteiger partial charge < -0.3 is 23.4 Å². The van der Waals surface area contributed by atoms with Crippen LogP contribution in [0.3, 0.4) is 0 Å². The van der Waals surface area contributed by atoms with Crippen LogP contribution in [0.1, 0.15) is 41.5 Å². The summed E-state index contributed by atoms with van der Waals surface area (Å²) in [5, 5.41) is 11.6. The molecule has 0 bridgehead atoms. The summed E-state index contributed by atoms with van der Waals surface area (Å²) < 4.78 is 25.3. The third-order valence-corrected chi connectivity index (χ3v) is 6.19. The molecule has 35 heavy (non-hydrogen) atoms. The monoisotopic (exact) mass is 543 g/mol. The summed E-state index contributed by atoms with van der Waals surface area (Å²) >= 11 is 1.55. The average molecular weight is 544 g/mol. The molecule has 11 heteroatoms. The summed E-state index contributed by atoms with van der Waals surface area (Å²) in [6, 6.07) is 8.02. The third-order valence-electron chi connectivity index (χ3n) is 4.77. The first-order valence-corrected chi connectivity index (χ1v) is 13.4. The van der Waals surface area contributed by atoms with Crippen LogP contribution < -0.4 is 9.47 Å². The van der Waals surface area contributed by atoms with E-state index in [9.17, 15) is 0 Å². The molecule has 2 rings (SSSR count). The van der Waals surface area contributed by atoms with E-state index in [0.717, 1.165) is 16.5 Å². The summed E-state index contributed by atoms with van der Waals surface area (Å²) in [5.74, 6) is 0. The largest absolute Gasteiger partial charge is 0.408 e. The van der Waals surface area contributed by atoms with Crippen LogP contribution in [0.2, 0.25) is 0 Å². The number of hydrogen-bond donors (Lipinski definition) is 0. The van der Waals surface area contributed by atoms with Crippen LogP contribution in [0.25, 0.3) is 0 Å². The summed E-state index contributed by atoms with van der Waals surface area (Å²) in [6.07, 6.45) is 1.67. The Morgan fingerprint density at radius 3 is 2.11 bits per heavy atom. The van der Waals surface area contributed by atoms with Gasteiger partial charge in [-0.1, -0.05) is 0 Å². The van der Waals surface area contributed by atoms with Gasteiger partial charge in [0.1, 0.15) is 18.0 Å². The lowest BCUT2D eigenvalue weighted by Gasteiger charge is -2.35. The van der Waals surface area contributed by atoms with Gasteiger partial charge in [-0.2, -0.15) is 0 Å². The zero-order chi connectivity index (χ0) is 26.1. The number of hydrogen-bond acceptors (Lipinski definition) is 8. The average Bonchev–Trinajstić information content (AvgIpc) is 3.18. The Morgan fingerprint density at radius 2 is 1.60 bits per heavy atom. The van der Waals surface area contributed by atoms with E-state index in [1.807, 2.05) is 89.0 Å². The minimum Gasteiger partial charge on any atom is -0.373 e. The van der Waals surface area contributed by atoms with Crippen LogP contribution in [-0.2, 0) is 25.6 Å². The van der Waals surface area contributed by atoms with Crippen LogP contribution >= 0.6 is 30.3 Å². The molecule has 4 atom stereocenters. The number of nitrogens with zero attached hydrogens (tertiary/aromatic N) is 4. The molecule has 0 spiro atoms. The first-order chi connectivity index (χ1) is 16.4. The van der Waals surface area contributed by atoms with Crippen molar-refractivity contribution in [3.05, 3.63) is 35.8 Å². The summed E-state index contributed by atoms with van der Waals surface area (Å²) in [4.78, 5) is 2.24. The van der Waals surface area contributed by atoms with Crippen LogP contribution in [0.5, 0.6) is 0 Å². The van der Waals surface area contributed by atoms with E-state index in [-0.39, 0.29) is 23.4 Å². The Balaban J connectivity index is 2.23. The molecule has 0 amide bonds. The Hall–Kier alpha value is -1.05. The minimum absolute atomic E-state index is 0.139. The number of thiazole rings is 1. The zero-order valence-corrected chi connectivity index (χ0v) is 25.1. The van der Waals surface area contributed by atoms with Gasteiger partial charge in [0.25, 0.3) is 0 Å². The fourth-order valence-corrected chi connectivity index (χ4v) is 4.30. The zero-order valence-electron chi connectivity index (χ0n) is 21.9. The topological polar surface area (TPSA) is 68.8 Å². The molecule has 196 valence electrons. The summed E-state index contributed by atoms with van der Waals surface area (Å²) in [6.45, 7) is 14.4. The highest BCUT2D eigenvalue weighted by Gasteiger charge is 2.25. The lowest BCUT2D eigenvalue weighted by molar-refractivity contribution is -0.654. The predicted molar refractivity (Wildman–Crippen MR) is 149 cm³/mol. The molecule has 8 nitrogen and oxygen atoms in total. The van der Waals surface area contributed by atoms with Crippen molar-refractivity contribution in [1.82, 2.24) is 0 Å². The van der Waals surface area contributed by atoms with Crippen molar-refractivity contribution in [2.45, 2.75) is 65.0 Å². The van der Waals surface area contributed by atoms with E-state index in [4.69, 9.17) is 18.5 Å². The van der Waals surface area contributed by atoms with E-state index in [1.54, 1.807) is 11.3 Å². The van der Waals surface area contributed by atoms with Gasteiger partial charge in [0.05, 0.1) is 42.7 Å². The summed E-state index contributed by atoms with van der Waals surface area (Å²) in [7, 11) is 6.64. The molecule has 0 aliphatic carbocycles. The van der Waals surface area contributed by atoms with Gasteiger partial charge >= 0.3 is 5.13 Å². The van der Waals surface area contributed by atoms with E-state index in [1.165, 1.54) is 0 Å². The Labute approximate surface area is 219 Å². The van der Waals surface area contributed by atoms with Gasteiger partial charge in [-0.15, -0.1) is 0 Å². The third kappa shape index (κ3) is 11.7. The molecule has 1 aromatic heterocycles. The fourth-order valence-electron chi connectivity index (χ4n) is 3.24. The van der Waals surface area contributed by atoms with Crippen molar-refractivity contribution in [3.8, 4) is 0 Å². The Kier molecular flexibility index (Phi) is 12.1. The number of anilines is 1. The molecule has 0 aliphatic heterocycles. The second kappa shape index (κ2) is 14.0. The predicted octanol–water partition coefficient (Wildman–Crippen LogP) is 5.78. The van der Waals surface area contributed by atoms with E-state index in [2.05, 4.69) is 34.1 Å². The number of aromatic nitrogens is 1. The Morgan fingerprint density at radius 1 is 0.943 bits per heavy atom. The van der Waals surface area contributed by atoms with Crippen LogP contribution in [-0.4, -0.2) is 49.7 Å². The standard InChI is InChI=1S/C24H41N4O4P2S/c1-23(2,3)29-16-21(32-34)15-28(14-20(17-30-33)31-24(4,5)6)19-10-8-18(9-11-19)25-26-22-27(7)12-13-35-22/h8-13,20-21H,14-17,33-34H2,1-7H3/q+1. The van der Waals surface area contributed by atoms with E-state index >= 15 is 0 Å². The molecule has 1 heterocycles. The van der Waals surface area contributed by atoms with Crippen molar-refractivity contribution >= 4 is 46.8 Å². The molecule has 0 fully saturated rings. The van der Waals surface area contributed by atoms with Crippen molar-refractivity contribution < 1.29 is 23.1 Å². The van der Waals surface area contributed by atoms with Crippen LogP contribution in [0.4, 0.5) is 16.5 Å². The highest BCUT2D eigenvalue weighted by atomic mass is 32.1. The molecule has 0 radical (unpaired) electrons. The maximum atomic E-state index is 6.28. The van der Waals surface area contributed by atoms with Crippen molar-refractivity contribution in [2.75, 3.05) is 31.2 Å². The highest BCUT2D eigenvalue weighted by Crippen LogP contribution is 2.25. The first-order valence-electron chi connectivity index (χ1n) is 11.6. The van der Waals surface area contributed by atoms with E-state index < -0.39 is 0 Å². The number of ether oxygens (including phenoxy) is 2. The SMILES string of the molecule is C[n+]1ccsc1N=Nc1ccc(N(CC(COC(C)(C)C)OP)CC(COP)OC(C)(C)C)cc1. The molecule has 4 unspecified atom stereocenters. The van der Waals surface area contributed by atoms with Gasteiger partial charge in [-0.05, 0) is 82.3 Å². The highest BCUT2D eigenvalue weighted by molar-refractivity contribution is 7.12. The molecule has 0 aliphatic rings. The summed E-state index contributed by atoms with van der Waals surface area (Å²) in [5.41, 5.74) is 1.27. The number of azo groups is 1. The molecular weight excluding hydrogens is 502 g/mol. The van der Waals surface area contributed by atoms with Gasteiger partial charge in [0.15, 0.2) is 0 Å². The molecule has 0 saturated carbocycles. The van der Waals surface area contributed by atoms with Crippen LogP contribution in [0.15, 0.2) is 46.1 Å².